The third kappa shape index (κ3) is 2.60. The second kappa shape index (κ2) is 5.02. The molecule has 0 bridgehead atoms. The minimum absolute atomic E-state index is 0.341. The fourth-order valence-corrected chi connectivity index (χ4v) is 3.15. The first kappa shape index (κ1) is 12.2. The molecule has 2 nitrogen and oxygen atoms in total. The van der Waals surface area contributed by atoms with Gasteiger partial charge < -0.3 is 5.73 Å². The van der Waals surface area contributed by atoms with Crippen LogP contribution in [0.4, 0.5) is 0 Å². The van der Waals surface area contributed by atoms with Crippen molar-refractivity contribution < 1.29 is 0 Å². The van der Waals surface area contributed by atoms with E-state index in [1.165, 1.54) is 32.4 Å². The van der Waals surface area contributed by atoms with Crippen molar-refractivity contribution in [2.24, 2.45) is 11.7 Å². The van der Waals surface area contributed by atoms with Gasteiger partial charge in [0.1, 0.15) is 0 Å². The largest absolute Gasteiger partial charge is 0.328 e. The van der Waals surface area contributed by atoms with Gasteiger partial charge in [-0.3, -0.25) is 4.90 Å². The van der Waals surface area contributed by atoms with Crippen LogP contribution >= 0.6 is 0 Å². The summed E-state index contributed by atoms with van der Waals surface area (Å²) < 4.78 is 0. The van der Waals surface area contributed by atoms with Crippen LogP contribution in [0.5, 0.6) is 0 Å². The molecule has 3 rings (SSSR count). The van der Waals surface area contributed by atoms with Crippen LogP contribution in [0.3, 0.4) is 0 Å². The molecule has 1 saturated heterocycles. The van der Waals surface area contributed by atoms with Crippen LogP contribution in [0.1, 0.15) is 43.2 Å². The predicted molar refractivity (Wildman–Crippen MR) is 75.5 cm³/mol. The van der Waals surface area contributed by atoms with Crippen molar-refractivity contribution in [1.82, 2.24) is 4.90 Å². The lowest BCUT2D eigenvalue weighted by Crippen LogP contribution is -2.29. The zero-order valence-corrected chi connectivity index (χ0v) is 11.3. The Bertz CT molecular complexity index is 409. The molecule has 1 aromatic rings. The first-order chi connectivity index (χ1) is 8.74. The number of hydrogen-bond donors (Lipinski definition) is 1. The van der Waals surface area contributed by atoms with Gasteiger partial charge in [0.2, 0.25) is 0 Å². The van der Waals surface area contributed by atoms with Crippen molar-refractivity contribution in [3.05, 3.63) is 35.4 Å². The van der Waals surface area contributed by atoms with Gasteiger partial charge in [0.25, 0.3) is 0 Å². The van der Waals surface area contributed by atoms with Gasteiger partial charge in [-0.25, -0.2) is 0 Å². The van der Waals surface area contributed by atoms with Crippen LogP contribution in [-0.4, -0.2) is 24.0 Å². The number of nitrogens with zero attached hydrogens (tertiary/aromatic N) is 1. The van der Waals surface area contributed by atoms with Crippen LogP contribution < -0.4 is 5.73 Å². The van der Waals surface area contributed by atoms with E-state index in [2.05, 4.69) is 36.1 Å². The standard InChI is InChI=1S/C16H24N2/c1-12(17)14-8-9-18(10-14)11-15-4-2-3-5-16(15)13-6-7-13/h2-5,12-14H,6-11,17H2,1H3. The Balaban J connectivity index is 1.66. The smallest absolute Gasteiger partial charge is 0.0236 e. The van der Waals surface area contributed by atoms with E-state index in [-0.39, 0.29) is 0 Å². The molecule has 0 aromatic heterocycles. The Hall–Kier alpha value is -0.860. The van der Waals surface area contributed by atoms with Gasteiger partial charge in [0.15, 0.2) is 0 Å². The molecule has 0 amide bonds. The lowest BCUT2D eigenvalue weighted by molar-refractivity contribution is 0.307. The van der Waals surface area contributed by atoms with E-state index in [0.717, 1.165) is 12.5 Å². The third-order valence-corrected chi connectivity index (χ3v) is 4.52. The van der Waals surface area contributed by atoms with Crippen LogP contribution in [0.2, 0.25) is 0 Å². The second-order valence-corrected chi connectivity index (χ2v) is 6.12. The van der Waals surface area contributed by atoms with Gasteiger partial charge in [-0.15, -0.1) is 0 Å². The topological polar surface area (TPSA) is 29.3 Å². The first-order valence-corrected chi connectivity index (χ1v) is 7.30. The van der Waals surface area contributed by atoms with Gasteiger partial charge in [-0.05, 0) is 55.7 Å². The van der Waals surface area contributed by atoms with E-state index in [1.807, 2.05) is 0 Å². The molecule has 1 aliphatic carbocycles. The van der Waals surface area contributed by atoms with E-state index < -0.39 is 0 Å². The van der Waals surface area contributed by atoms with Crippen molar-refractivity contribution in [3.8, 4) is 0 Å². The van der Waals surface area contributed by atoms with Crippen molar-refractivity contribution in [3.63, 3.8) is 0 Å². The Kier molecular flexibility index (Phi) is 3.40. The number of hydrogen-bond acceptors (Lipinski definition) is 2. The molecule has 98 valence electrons. The summed E-state index contributed by atoms with van der Waals surface area (Å²) in [6.45, 7) is 5.66. The molecular weight excluding hydrogens is 220 g/mol. The van der Waals surface area contributed by atoms with E-state index in [0.29, 0.717) is 12.0 Å². The van der Waals surface area contributed by atoms with E-state index in [1.54, 1.807) is 11.1 Å². The normalized spacial score (nSPS) is 26.4. The average Bonchev–Trinajstić information content (AvgIpc) is 3.09. The van der Waals surface area contributed by atoms with Crippen molar-refractivity contribution in [1.29, 1.82) is 0 Å². The van der Waals surface area contributed by atoms with Gasteiger partial charge in [-0.1, -0.05) is 24.3 Å². The maximum Gasteiger partial charge on any atom is 0.0236 e. The first-order valence-electron chi connectivity index (χ1n) is 7.30. The van der Waals surface area contributed by atoms with Gasteiger partial charge in [-0.2, -0.15) is 0 Å². The molecule has 2 heteroatoms. The molecule has 2 aliphatic rings. The lowest BCUT2D eigenvalue weighted by atomic mass is 10.0. The van der Waals surface area contributed by atoms with Crippen molar-refractivity contribution in [2.45, 2.75) is 44.7 Å². The summed E-state index contributed by atoms with van der Waals surface area (Å²) in [4.78, 5) is 2.58. The summed E-state index contributed by atoms with van der Waals surface area (Å²) in [5, 5.41) is 0. The summed E-state index contributed by atoms with van der Waals surface area (Å²) in [5.41, 5.74) is 9.16. The molecule has 2 atom stereocenters. The van der Waals surface area contributed by atoms with Gasteiger partial charge in [0, 0.05) is 19.1 Å². The molecule has 2 fully saturated rings. The summed E-state index contributed by atoms with van der Waals surface area (Å²) in [6.07, 6.45) is 4.04. The molecule has 1 aliphatic heterocycles. The van der Waals surface area contributed by atoms with Gasteiger partial charge in [0.05, 0.1) is 0 Å². The Labute approximate surface area is 110 Å². The molecule has 0 radical (unpaired) electrons. The molecule has 1 aromatic carbocycles. The number of rotatable bonds is 4. The van der Waals surface area contributed by atoms with Crippen LogP contribution in [0.25, 0.3) is 0 Å². The highest BCUT2D eigenvalue weighted by atomic mass is 15.1. The lowest BCUT2D eigenvalue weighted by Gasteiger charge is -2.19. The minimum atomic E-state index is 0.341. The minimum Gasteiger partial charge on any atom is -0.328 e. The SMILES string of the molecule is CC(N)C1CCN(Cc2ccccc2C2CC2)C1. The van der Waals surface area contributed by atoms with E-state index in [9.17, 15) is 0 Å². The second-order valence-electron chi connectivity index (χ2n) is 6.12. The zero-order valence-electron chi connectivity index (χ0n) is 11.3. The molecular formula is C16H24N2. The number of likely N-dealkylation sites (tertiary alicyclic amines) is 1. The maximum atomic E-state index is 6.01. The fourth-order valence-electron chi connectivity index (χ4n) is 3.15. The predicted octanol–water partition coefficient (Wildman–Crippen LogP) is 2.73. The quantitative estimate of drug-likeness (QED) is 0.882. The fraction of sp³-hybridized carbons (Fsp3) is 0.625. The Morgan fingerprint density at radius 1 is 1.28 bits per heavy atom. The third-order valence-electron chi connectivity index (χ3n) is 4.52. The van der Waals surface area contributed by atoms with Crippen LogP contribution in [0.15, 0.2) is 24.3 Å². The molecule has 2 N–H and O–H groups in total. The highest BCUT2D eigenvalue weighted by Gasteiger charge is 2.28. The average molecular weight is 244 g/mol. The van der Waals surface area contributed by atoms with E-state index in [4.69, 9.17) is 5.73 Å². The summed E-state index contributed by atoms with van der Waals surface area (Å²) in [6, 6.07) is 9.35. The molecule has 18 heavy (non-hydrogen) atoms. The number of benzene rings is 1. The van der Waals surface area contributed by atoms with E-state index >= 15 is 0 Å². The van der Waals surface area contributed by atoms with Gasteiger partial charge >= 0.3 is 0 Å². The van der Waals surface area contributed by atoms with Crippen molar-refractivity contribution in [2.75, 3.05) is 13.1 Å². The molecule has 1 heterocycles. The van der Waals surface area contributed by atoms with Crippen LogP contribution in [-0.2, 0) is 6.54 Å². The van der Waals surface area contributed by atoms with Crippen LogP contribution in [0, 0.1) is 5.92 Å². The summed E-state index contributed by atoms with van der Waals surface area (Å²) in [5.74, 6) is 1.55. The summed E-state index contributed by atoms with van der Waals surface area (Å²) >= 11 is 0. The monoisotopic (exact) mass is 244 g/mol. The highest BCUT2D eigenvalue weighted by Crippen LogP contribution is 2.42. The molecule has 1 saturated carbocycles. The zero-order chi connectivity index (χ0) is 12.5. The Morgan fingerprint density at radius 2 is 2.06 bits per heavy atom. The molecule has 0 spiro atoms. The molecule has 2 unspecified atom stereocenters. The Morgan fingerprint density at radius 3 is 2.72 bits per heavy atom. The highest BCUT2D eigenvalue weighted by molar-refractivity contribution is 5.33. The summed E-state index contributed by atoms with van der Waals surface area (Å²) in [7, 11) is 0. The maximum absolute atomic E-state index is 6.01. The van der Waals surface area contributed by atoms with Crippen molar-refractivity contribution >= 4 is 0 Å². The number of nitrogens with two attached hydrogens (primary N) is 1.